The van der Waals surface area contributed by atoms with Gasteiger partial charge in [-0.15, -0.1) is 0 Å². The quantitative estimate of drug-likeness (QED) is 0.907. The van der Waals surface area contributed by atoms with E-state index in [0.29, 0.717) is 18.8 Å². The maximum Gasteiger partial charge on any atom is 0.270 e. The van der Waals surface area contributed by atoms with E-state index in [-0.39, 0.29) is 24.3 Å². The fourth-order valence-electron chi connectivity index (χ4n) is 2.38. The van der Waals surface area contributed by atoms with E-state index in [1.165, 1.54) is 12.1 Å². The summed E-state index contributed by atoms with van der Waals surface area (Å²) in [5.41, 5.74) is 0.0499. The third-order valence-corrected chi connectivity index (χ3v) is 3.72. The average molecular weight is 303 g/mol. The van der Waals surface area contributed by atoms with Crippen molar-refractivity contribution in [3.05, 3.63) is 35.1 Å². The SMILES string of the molecule is CO[C@@H]1COCC[C@H]1NCc1ccc(C(C)(F)F)cc1F. The largest absolute Gasteiger partial charge is 0.379 e. The lowest BCUT2D eigenvalue weighted by molar-refractivity contribution is -0.0502. The lowest BCUT2D eigenvalue weighted by atomic mass is 10.0. The van der Waals surface area contributed by atoms with E-state index in [0.717, 1.165) is 19.4 Å². The molecule has 1 heterocycles. The molecule has 0 saturated carbocycles. The van der Waals surface area contributed by atoms with Crippen LogP contribution in [0.15, 0.2) is 18.2 Å². The van der Waals surface area contributed by atoms with E-state index in [1.807, 2.05) is 0 Å². The highest BCUT2D eigenvalue weighted by Gasteiger charge is 2.27. The Hall–Kier alpha value is -1.11. The Kier molecular flexibility index (Phi) is 5.24. The van der Waals surface area contributed by atoms with Crippen molar-refractivity contribution < 1.29 is 22.6 Å². The molecule has 0 spiro atoms. The maximum atomic E-state index is 13.9. The Balaban J connectivity index is 2.00. The van der Waals surface area contributed by atoms with E-state index >= 15 is 0 Å². The Bertz CT molecular complexity index is 476. The van der Waals surface area contributed by atoms with Crippen molar-refractivity contribution in [3.63, 3.8) is 0 Å². The van der Waals surface area contributed by atoms with Gasteiger partial charge in [0.15, 0.2) is 0 Å². The first-order valence-corrected chi connectivity index (χ1v) is 6.92. The molecule has 1 aromatic carbocycles. The summed E-state index contributed by atoms with van der Waals surface area (Å²) >= 11 is 0. The number of alkyl halides is 2. The minimum atomic E-state index is -3.03. The molecular weight excluding hydrogens is 283 g/mol. The van der Waals surface area contributed by atoms with Crippen LogP contribution in [0.4, 0.5) is 13.2 Å². The summed E-state index contributed by atoms with van der Waals surface area (Å²) in [6.45, 7) is 2.15. The second-order valence-electron chi connectivity index (χ2n) is 5.32. The fraction of sp³-hybridized carbons (Fsp3) is 0.600. The number of nitrogens with one attached hydrogen (secondary N) is 1. The van der Waals surface area contributed by atoms with Crippen LogP contribution in [-0.4, -0.2) is 32.5 Å². The van der Waals surface area contributed by atoms with Crippen molar-refractivity contribution in [1.82, 2.24) is 5.32 Å². The highest BCUT2D eigenvalue weighted by Crippen LogP contribution is 2.28. The summed E-state index contributed by atoms with van der Waals surface area (Å²) in [5, 5.41) is 3.21. The molecule has 0 unspecified atom stereocenters. The van der Waals surface area contributed by atoms with Crippen molar-refractivity contribution in [2.24, 2.45) is 0 Å². The predicted octanol–water partition coefficient (Wildman–Crippen LogP) is 2.83. The summed E-state index contributed by atoms with van der Waals surface area (Å²) in [7, 11) is 1.60. The Morgan fingerprint density at radius 2 is 2.19 bits per heavy atom. The molecule has 1 saturated heterocycles. The van der Waals surface area contributed by atoms with Crippen LogP contribution in [0, 0.1) is 5.82 Å². The van der Waals surface area contributed by atoms with Crippen LogP contribution in [0.25, 0.3) is 0 Å². The second-order valence-corrected chi connectivity index (χ2v) is 5.32. The number of rotatable bonds is 5. The number of hydrogen-bond donors (Lipinski definition) is 1. The van der Waals surface area contributed by atoms with Crippen molar-refractivity contribution >= 4 is 0 Å². The number of hydrogen-bond acceptors (Lipinski definition) is 3. The summed E-state index contributed by atoms with van der Waals surface area (Å²) in [6.07, 6.45) is 0.687. The lowest BCUT2D eigenvalue weighted by Crippen LogP contribution is -2.47. The molecule has 3 nitrogen and oxygen atoms in total. The molecule has 0 bridgehead atoms. The standard InChI is InChI=1S/C15H20F3NO2/c1-15(17,18)11-4-3-10(12(16)7-11)8-19-13-5-6-21-9-14(13)20-2/h3-4,7,13-14,19H,5-6,8-9H2,1-2H3/t13-,14-/m1/s1. The second kappa shape index (κ2) is 6.77. The predicted molar refractivity (Wildman–Crippen MR) is 72.8 cm³/mol. The van der Waals surface area contributed by atoms with Crippen LogP contribution in [-0.2, 0) is 21.9 Å². The fourth-order valence-corrected chi connectivity index (χ4v) is 2.38. The highest BCUT2D eigenvalue weighted by atomic mass is 19.3. The van der Waals surface area contributed by atoms with Crippen LogP contribution in [0.1, 0.15) is 24.5 Å². The van der Waals surface area contributed by atoms with Gasteiger partial charge in [0.25, 0.3) is 5.92 Å². The number of halogens is 3. The molecule has 1 aliphatic rings. The van der Waals surface area contributed by atoms with Crippen molar-refractivity contribution in [2.75, 3.05) is 20.3 Å². The monoisotopic (exact) mass is 303 g/mol. The Labute approximate surface area is 122 Å². The van der Waals surface area contributed by atoms with Crippen LogP contribution >= 0.6 is 0 Å². The van der Waals surface area contributed by atoms with E-state index in [9.17, 15) is 13.2 Å². The first-order chi connectivity index (χ1) is 9.91. The van der Waals surface area contributed by atoms with E-state index in [4.69, 9.17) is 9.47 Å². The molecule has 118 valence electrons. The first-order valence-electron chi connectivity index (χ1n) is 6.92. The lowest BCUT2D eigenvalue weighted by Gasteiger charge is -2.31. The number of methoxy groups -OCH3 is 1. The molecule has 2 atom stereocenters. The number of benzene rings is 1. The summed E-state index contributed by atoms with van der Waals surface area (Å²) < 4.78 is 50.8. The van der Waals surface area contributed by atoms with Crippen molar-refractivity contribution in [1.29, 1.82) is 0 Å². The minimum Gasteiger partial charge on any atom is -0.379 e. The van der Waals surface area contributed by atoms with Crippen LogP contribution in [0.5, 0.6) is 0 Å². The van der Waals surface area contributed by atoms with Crippen LogP contribution in [0.2, 0.25) is 0 Å². The molecule has 0 amide bonds. The summed E-state index contributed by atoms with van der Waals surface area (Å²) in [4.78, 5) is 0. The van der Waals surface area contributed by atoms with Gasteiger partial charge in [-0.2, -0.15) is 0 Å². The van der Waals surface area contributed by atoms with Gasteiger partial charge < -0.3 is 14.8 Å². The minimum absolute atomic E-state index is 0.0652. The first kappa shape index (κ1) is 16.3. The van der Waals surface area contributed by atoms with Gasteiger partial charge in [0, 0.05) is 44.4 Å². The smallest absolute Gasteiger partial charge is 0.270 e. The van der Waals surface area contributed by atoms with Gasteiger partial charge in [-0.1, -0.05) is 12.1 Å². The van der Waals surface area contributed by atoms with Gasteiger partial charge in [0.05, 0.1) is 12.7 Å². The van der Waals surface area contributed by atoms with Gasteiger partial charge in [-0.3, -0.25) is 0 Å². The van der Waals surface area contributed by atoms with Crippen LogP contribution in [0.3, 0.4) is 0 Å². The molecule has 1 fully saturated rings. The summed E-state index contributed by atoms with van der Waals surface area (Å²) in [5.74, 6) is -3.66. The number of ether oxygens (including phenoxy) is 2. The highest BCUT2D eigenvalue weighted by molar-refractivity contribution is 5.27. The Morgan fingerprint density at radius 3 is 2.81 bits per heavy atom. The van der Waals surface area contributed by atoms with Crippen molar-refractivity contribution in [3.8, 4) is 0 Å². The normalized spacial score (nSPS) is 23.3. The molecule has 6 heteroatoms. The zero-order valence-corrected chi connectivity index (χ0v) is 12.2. The zero-order valence-electron chi connectivity index (χ0n) is 12.2. The third-order valence-electron chi connectivity index (χ3n) is 3.72. The molecule has 1 aliphatic heterocycles. The van der Waals surface area contributed by atoms with E-state index in [1.54, 1.807) is 7.11 Å². The molecule has 0 aliphatic carbocycles. The maximum absolute atomic E-state index is 13.9. The molecule has 0 aromatic heterocycles. The summed E-state index contributed by atoms with van der Waals surface area (Å²) in [6, 6.07) is 3.62. The zero-order chi connectivity index (χ0) is 15.5. The third kappa shape index (κ3) is 4.18. The molecule has 0 radical (unpaired) electrons. The topological polar surface area (TPSA) is 30.5 Å². The average Bonchev–Trinajstić information content (AvgIpc) is 2.45. The van der Waals surface area contributed by atoms with Crippen LogP contribution < -0.4 is 5.32 Å². The molecule has 2 rings (SSSR count). The molecule has 21 heavy (non-hydrogen) atoms. The molecule has 1 aromatic rings. The van der Waals surface area contributed by atoms with Gasteiger partial charge in [-0.25, -0.2) is 13.2 Å². The van der Waals surface area contributed by atoms with Gasteiger partial charge in [0.1, 0.15) is 5.82 Å². The molecular formula is C15H20F3NO2. The van der Waals surface area contributed by atoms with E-state index < -0.39 is 11.7 Å². The van der Waals surface area contributed by atoms with Gasteiger partial charge >= 0.3 is 0 Å². The van der Waals surface area contributed by atoms with Crippen molar-refractivity contribution in [2.45, 2.75) is 38.0 Å². The van der Waals surface area contributed by atoms with Gasteiger partial charge in [0.2, 0.25) is 0 Å². The molecule has 1 N–H and O–H groups in total. The van der Waals surface area contributed by atoms with Gasteiger partial charge in [-0.05, 0) is 12.5 Å². The Morgan fingerprint density at radius 1 is 1.43 bits per heavy atom. The van der Waals surface area contributed by atoms with E-state index in [2.05, 4.69) is 5.32 Å².